The molecule has 1 aliphatic rings. The SMILES string of the molecule is CC.CCOC(=O)N1CCC(c2nn(C)c3ccccc23)CC1. The number of fused-ring (bicyclic) bond motifs is 1. The molecule has 126 valence electrons. The lowest BCUT2D eigenvalue weighted by Crippen LogP contribution is -2.38. The molecule has 1 aromatic heterocycles. The number of carbonyl (C=O) groups is 1. The lowest BCUT2D eigenvalue weighted by atomic mass is 9.92. The summed E-state index contributed by atoms with van der Waals surface area (Å²) >= 11 is 0. The van der Waals surface area contributed by atoms with Crippen LogP contribution in [0.2, 0.25) is 0 Å². The topological polar surface area (TPSA) is 47.4 Å². The molecule has 0 saturated carbocycles. The summed E-state index contributed by atoms with van der Waals surface area (Å²) in [6.45, 7) is 7.76. The molecule has 2 aromatic rings. The number of rotatable bonds is 2. The number of likely N-dealkylation sites (tertiary alicyclic amines) is 1. The van der Waals surface area contributed by atoms with E-state index in [-0.39, 0.29) is 6.09 Å². The minimum absolute atomic E-state index is 0.193. The Morgan fingerprint density at radius 2 is 1.91 bits per heavy atom. The van der Waals surface area contributed by atoms with E-state index in [0.717, 1.165) is 31.6 Å². The summed E-state index contributed by atoms with van der Waals surface area (Å²) in [6, 6.07) is 8.33. The van der Waals surface area contributed by atoms with Crippen molar-refractivity contribution in [1.29, 1.82) is 0 Å². The molecule has 0 spiro atoms. The first-order valence-electron chi connectivity index (χ1n) is 8.54. The largest absolute Gasteiger partial charge is 0.450 e. The van der Waals surface area contributed by atoms with Crippen molar-refractivity contribution < 1.29 is 9.53 Å². The van der Waals surface area contributed by atoms with Gasteiger partial charge in [0.15, 0.2) is 0 Å². The number of hydrogen-bond acceptors (Lipinski definition) is 3. The number of benzene rings is 1. The summed E-state index contributed by atoms with van der Waals surface area (Å²) in [5.74, 6) is 0.418. The van der Waals surface area contributed by atoms with Crippen LogP contribution in [0.5, 0.6) is 0 Å². The third-order valence-electron chi connectivity index (χ3n) is 4.19. The van der Waals surface area contributed by atoms with Gasteiger partial charge in [0.25, 0.3) is 0 Å². The van der Waals surface area contributed by atoms with Gasteiger partial charge in [-0.25, -0.2) is 4.79 Å². The highest BCUT2D eigenvalue weighted by Gasteiger charge is 2.27. The first-order chi connectivity index (χ1) is 11.2. The van der Waals surface area contributed by atoms with Crippen LogP contribution in [0.4, 0.5) is 4.79 Å². The molecule has 5 nitrogen and oxygen atoms in total. The van der Waals surface area contributed by atoms with E-state index in [2.05, 4.69) is 18.2 Å². The quantitative estimate of drug-likeness (QED) is 0.843. The zero-order chi connectivity index (χ0) is 16.8. The second-order valence-electron chi connectivity index (χ2n) is 5.49. The van der Waals surface area contributed by atoms with Crippen LogP contribution in [-0.4, -0.2) is 40.5 Å². The molecule has 1 amide bonds. The molecule has 23 heavy (non-hydrogen) atoms. The Kier molecular flexibility index (Phi) is 6.02. The Hall–Kier alpha value is -2.04. The summed E-state index contributed by atoms with van der Waals surface area (Å²) in [7, 11) is 1.99. The molecule has 1 saturated heterocycles. The summed E-state index contributed by atoms with van der Waals surface area (Å²) in [6.07, 6.45) is 1.70. The van der Waals surface area contributed by atoms with Gasteiger partial charge in [0.05, 0.1) is 17.8 Å². The van der Waals surface area contributed by atoms with Gasteiger partial charge in [-0.15, -0.1) is 0 Å². The van der Waals surface area contributed by atoms with E-state index in [1.165, 1.54) is 10.9 Å². The summed E-state index contributed by atoms with van der Waals surface area (Å²) in [4.78, 5) is 13.5. The number of piperidine rings is 1. The van der Waals surface area contributed by atoms with Crippen molar-refractivity contribution in [2.24, 2.45) is 7.05 Å². The first kappa shape index (κ1) is 17.3. The zero-order valence-electron chi connectivity index (χ0n) is 14.6. The van der Waals surface area contributed by atoms with Gasteiger partial charge in [-0.3, -0.25) is 4.68 Å². The normalized spacial score (nSPS) is 15.2. The molecule has 1 aromatic carbocycles. The van der Waals surface area contributed by atoms with Crippen molar-refractivity contribution in [3.8, 4) is 0 Å². The fourth-order valence-electron chi connectivity index (χ4n) is 3.09. The predicted octanol–water partition coefficient (Wildman–Crippen LogP) is 3.94. The van der Waals surface area contributed by atoms with Crippen LogP contribution in [-0.2, 0) is 11.8 Å². The van der Waals surface area contributed by atoms with Crippen LogP contribution >= 0.6 is 0 Å². The van der Waals surface area contributed by atoms with E-state index in [0.29, 0.717) is 12.5 Å². The molecule has 2 heterocycles. The van der Waals surface area contributed by atoms with Crippen LogP contribution in [0, 0.1) is 0 Å². The Morgan fingerprint density at radius 3 is 2.57 bits per heavy atom. The van der Waals surface area contributed by atoms with Gasteiger partial charge in [0.2, 0.25) is 0 Å². The highest BCUT2D eigenvalue weighted by atomic mass is 16.6. The molecule has 0 unspecified atom stereocenters. The molecular weight excluding hydrogens is 290 g/mol. The molecule has 0 radical (unpaired) electrons. The summed E-state index contributed by atoms with van der Waals surface area (Å²) < 4.78 is 7.01. The van der Waals surface area contributed by atoms with Crippen LogP contribution in [0.3, 0.4) is 0 Å². The van der Waals surface area contributed by atoms with Crippen molar-refractivity contribution in [3.05, 3.63) is 30.0 Å². The third kappa shape index (κ3) is 3.66. The van der Waals surface area contributed by atoms with E-state index in [4.69, 9.17) is 9.84 Å². The molecule has 0 atom stereocenters. The molecule has 1 fully saturated rings. The van der Waals surface area contributed by atoms with Gasteiger partial charge in [0.1, 0.15) is 0 Å². The number of hydrogen-bond donors (Lipinski definition) is 0. The Bertz CT molecular complexity index is 643. The van der Waals surface area contributed by atoms with Crippen LogP contribution in [0.25, 0.3) is 10.9 Å². The number of aryl methyl sites for hydroxylation is 1. The Balaban J connectivity index is 0.000000924. The first-order valence-corrected chi connectivity index (χ1v) is 8.54. The van der Waals surface area contributed by atoms with E-state index in [9.17, 15) is 4.79 Å². The fourth-order valence-corrected chi connectivity index (χ4v) is 3.09. The van der Waals surface area contributed by atoms with Gasteiger partial charge >= 0.3 is 6.09 Å². The minimum atomic E-state index is -0.193. The number of nitrogens with zero attached hydrogens (tertiary/aromatic N) is 3. The summed E-state index contributed by atoms with van der Waals surface area (Å²) in [5.41, 5.74) is 2.33. The lowest BCUT2D eigenvalue weighted by Gasteiger charge is -2.30. The fraction of sp³-hybridized carbons (Fsp3) is 0.556. The molecule has 0 N–H and O–H groups in total. The minimum Gasteiger partial charge on any atom is -0.450 e. The van der Waals surface area contributed by atoms with Crippen molar-refractivity contribution in [3.63, 3.8) is 0 Å². The number of ether oxygens (including phenoxy) is 1. The molecule has 5 heteroatoms. The smallest absolute Gasteiger partial charge is 0.409 e. The molecule has 1 aliphatic heterocycles. The predicted molar refractivity (Wildman–Crippen MR) is 92.6 cm³/mol. The van der Waals surface area contributed by atoms with Gasteiger partial charge < -0.3 is 9.64 Å². The molecular formula is C18H27N3O2. The third-order valence-corrected chi connectivity index (χ3v) is 4.19. The zero-order valence-corrected chi connectivity index (χ0v) is 14.6. The van der Waals surface area contributed by atoms with E-state index in [1.807, 2.05) is 38.6 Å². The van der Waals surface area contributed by atoms with Gasteiger partial charge in [-0.2, -0.15) is 5.10 Å². The van der Waals surface area contributed by atoms with Gasteiger partial charge in [-0.05, 0) is 25.8 Å². The highest BCUT2D eigenvalue weighted by molar-refractivity contribution is 5.82. The average molecular weight is 317 g/mol. The van der Waals surface area contributed by atoms with Crippen molar-refractivity contribution in [2.75, 3.05) is 19.7 Å². The Labute approximate surface area is 138 Å². The number of aromatic nitrogens is 2. The maximum Gasteiger partial charge on any atom is 0.409 e. The molecule has 0 bridgehead atoms. The number of amides is 1. The van der Waals surface area contributed by atoms with E-state index in [1.54, 1.807) is 4.90 Å². The Morgan fingerprint density at radius 1 is 1.26 bits per heavy atom. The van der Waals surface area contributed by atoms with Crippen LogP contribution in [0.15, 0.2) is 24.3 Å². The van der Waals surface area contributed by atoms with Crippen molar-refractivity contribution in [2.45, 2.75) is 39.5 Å². The van der Waals surface area contributed by atoms with Gasteiger partial charge in [-0.1, -0.05) is 32.0 Å². The standard InChI is InChI=1S/C16H21N3O2.C2H6/c1-3-21-16(20)19-10-8-12(9-11-19)15-13-6-4-5-7-14(13)18(2)17-15;1-2/h4-7,12H,3,8-11H2,1-2H3;1-2H3. The van der Waals surface area contributed by atoms with Crippen molar-refractivity contribution >= 4 is 17.0 Å². The van der Waals surface area contributed by atoms with Crippen LogP contribution < -0.4 is 0 Å². The monoisotopic (exact) mass is 317 g/mol. The maximum atomic E-state index is 11.7. The second-order valence-corrected chi connectivity index (χ2v) is 5.49. The van der Waals surface area contributed by atoms with Gasteiger partial charge in [0, 0.05) is 31.4 Å². The second kappa shape index (κ2) is 7.99. The van der Waals surface area contributed by atoms with Crippen LogP contribution in [0.1, 0.15) is 45.2 Å². The van der Waals surface area contributed by atoms with Crippen molar-refractivity contribution in [1.82, 2.24) is 14.7 Å². The number of para-hydroxylation sites is 1. The molecule has 0 aliphatic carbocycles. The maximum absolute atomic E-state index is 11.7. The molecule has 3 rings (SSSR count). The number of carbonyl (C=O) groups excluding carboxylic acids is 1. The highest BCUT2D eigenvalue weighted by Crippen LogP contribution is 2.32. The van der Waals surface area contributed by atoms with E-state index >= 15 is 0 Å². The van der Waals surface area contributed by atoms with E-state index < -0.39 is 0 Å². The average Bonchev–Trinajstić information content (AvgIpc) is 2.94. The lowest BCUT2D eigenvalue weighted by molar-refractivity contribution is 0.0969. The summed E-state index contributed by atoms with van der Waals surface area (Å²) in [5, 5.41) is 5.93.